The average Bonchev–Trinajstić information content (AvgIpc) is 2.83. The third kappa shape index (κ3) is 3.96. The lowest BCUT2D eigenvalue weighted by Gasteiger charge is -2.15. The van der Waals surface area contributed by atoms with E-state index in [0.717, 1.165) is 24.3 Å². The molecule has 1 heterocycles. The number of thioether (sulfide) groups is 1. The molecule has 1 fully saturated rings. The van der Waals surface area contributed by atoms with Gasteiger partial charge in [0, 0.05) is 17.6 Å². The summed E-state index contributed by atoms with van der Waals surface area (Å²) in [5.41, 5.74) is 4.43. The smallest absolute Gasteiger partial charge is 0.238 e. The van der Waals surface area contributed by atoms with Gasteiger partial charge in [0.1, 0.15) is 0 Å². The molecule has 104 valence electrons. The lowest BCUT2D eigenvalue weighted by molar-refractivity contribution is -0.120. The zero-order chi connectivity index (χ0) is 13.7. The average molecular weight is 280 g/mol. The number of benzene rings is 1. The lowest BCUT2D eigenvalue weighted by Crippen LogP contribution is -2.31. The number of amides is 1. The topological polar surface area (TPSA) is 64.3 Å². The van der Waals surface area contributed by atoms with Gasteiger partial charge in [0.2, 0.25) is 5.91 Å². The Morgan fingerprint density at radius 2 is 2.21 bits per heavy atom. The van der Waals surface area contributed by atoms with Crippen molar-refractivity contribution in [3.63, 3.8) is 0 Å². The Hall–Kier alpha value is -1.04. The number of ether oxygens (including phenoxy) is 1. The fraction of sp³-hybridized carbons (Fsp3) is 0.500. The number of nitrogens with one attached hydrogen (secondary N) is 1. The molecule has 0 spiro atoms. The van der Waals surface area contributed by atoms with Gasteiger partial charge in [0.15, 0.2) is 0 Å². The Labute approximate surface area is 118 Å². The van der Waals surface area contributed by atoms with Crippen LogP contribution in [-0.4, -0.2) is 23.9 Å². The van der Waals surface area contributed by atoms with Crippen molar-refractivity contribution in [1.82, 2.24) is 5.43 Å². The monoisotopic (exact) mass is 280 g/mol. The molecule has 0 aromatic heterocycles. The van der Waals surface area contributed by atoms with Gasteiger partial charge in [-0.05, 0) is 24.5 Å². The van der Waals surface area contributed by atoms with Gasteiger partial charge in [-0.25, -0.2) is 5.84 Å². The molecule has 3 N–H and O–H groups in total. The maximum Gasteiger partial charge on any atom is 0.238 e. The molecule has 1 aliphatic heterocycles. The lowest BCUT2D eigenvalue weighted by atomic mass is 10.1. The van der Waals surface area contributed by atoms with E-state index in [1.807, 2.05) is 30.0 Å². The highest BCUT2D eigenvalue weighted by Crippen LogP contribution is 2.29. The standard InChI is InChI=1S/C14H20N2O2S/c1-10-13(6-7-18-10)19-9-12-5-3-2-4-11(12)8-14(17)16-15/h2-5,10,13H,6-9,15H2,1H3,(H,16,17). The van der Waals surface area contributed by atoms with Crippen LogP contribution in [0.5, 0.6) is 0 Å². The van der Waals surface area contributed by atoms with E-state index in [0.29, 0.717) is 17.8 Å². The normalized spacial score (nSPS) is 22.4. The molecular weight excluding hydrogens is 260 g/mol. The molecule has 0 saturated carbocycles. The summed E-state index contributed by atoms with van der Waals surface area (Å²) in [4.78, 5) is 11.4. The van der Waals surface area contributed by atoms with Crippen molar-refractivity contribution in [1.29, 1.82) is 0 Å². The first-order chi connectivity index (χ1) is 9.20. The van der Waals surface area contributed by atoms with E-state index < -0.39 is 0 Å². The summed E-state index contributed by atoms with van der Waals surface area (Å²) in [6.45, 7) is 2.98. The summed E-state index contributed by atoms with van der Waals surface area (Å²) in [7, 11) is 0. The van der Waals surface area contributed by atoms with Crippen LogP contribution in [-0.2, 0) is 21.7 Å². The maximum atomic E-state index is 11.4. The van der Waals surface area contributed by atoms with Crippen molar-refractivity contribution in [3.05, 3.63) is 35.4 Å². The minimum absolute atomic E-state index is 0.157. The molecule has 1 aliphatic rings. The molecule has 19 heavy (non-hydrogen) atoms. The number of hydrogen-bond donors (Lipinski definition) is 2. The Balaban J connectivity index is 1.97. The predicted octanol–water partition coefficient (Wildman–Crippen LogP) is 1.63. The molecule has 1 aromatic carbocycles. The van der Waals surface area contributed by atoms with Gasteiger partial charge in [0.05, 0.1) is 12.5 Å². The second-order valence-electron chi connectivity index (χ2n) is 4.73. The van der Waals surface area contributed by atoms with E-state index >= 15 is 0 Å². The van der Waals surface area contributed by atoms with Crippen molar-refractivity contribution < 1.29 is 9.53 Å². The van der Waals surface area contributed by atoms with Gasteiger partial charge in [0.25, 0.3) is 0 Å². The van der Waals surface area contributed by atoms with Crippen molar-refractivity contribution in [2.75, 3.05) is 6.61 Å². The fourth-order valence-corrected chi connectivity index (χ4v) is 3.51. The predicted molar refractivity (Wildman–Crippen MR) is 77.6 cm³/mol. The van der Waals surface area contributed by atoms with Gasteiger partial charge < -0.3 is 4.74 Å². The molecule has 1 saturated heterocycles. The molecule has 2 atom stereocenters. The molecule has 2 rings (SSSR count). The van der Waals surface area contributed by atoms with Crippen LogP contribution in [0.4, 0.5) is 0 Å². The second kappa shape index (κ2) is 6.93. The first kappa shape index (κ1) is 14.4. The highest BCUT2D eigenvalue weighted by molar-refractivity contribution is 7.99. The Morgan fingerprint density at radius 1 is 1.47 bits per heavy atom. The Morgan fingerprint density at radius 3 is 2.84 bits per heavy atom. The van der Waals surface area contributed by atoms with E-state index in [-0.39, 0.29) is 5.91 Å². The molecule has 1 amide bonds. The van der Waals surface area contributed by atoms with Gasteiger partial charge >= 0.3 is 0 Å². The first-order valence-electron chi connectivity index (χ1n) is 6.50. The number of hydrazine groups is 1. The van der Waals surface area contributed by atoms with Crippen LogP contribution >= 0.6 is 11.8 Å². The number of nitrogens with two attached hydrogens (primary N) is 1. The molecule has 0 radical (unpaired) electrons. The molecule has 5 heteroatoms. The van der Waals surface area contributed by atoms with Crippen LogP contribution in [0.15, 0.2) is 24.3 Å². The molecule has 2 unspecified atom stereocenters. The molecule has 0 aliphatic carbocycles. The van der Waals surface area contributed by atoms with Crippen LogP contribution in [0.25, 0.3) is 0 Å². The number of carbonyl (C=O) groups is 1. The van der Waals surface area contributed by atoms with Crippen molar-refractivity contribution >= 4 is 17.7 Å². The summed E-state index contributed by atoms with van der Waals surface area (Å²) in [6.07, 6.45) is 1.77. The summed E-state index contributed by atoms with van der Waals surface area (Å²) in [5, 5.41) is 0.552. The summed E-state index contributed by atoms with van der Waals surface area (Å²) in [5.74, 6) is 5.89. The van der Waals surface area contributed by atoms with E-state index in [1.54, 1.807) is 0 Å². The van der Waals surface area contributed by atoms with E-state index in [1.165, 1.54) is 5.56 Å². The van der Waals surface area contributed by atoms with Gasteiger partial charge in [-0.3, -0.25) is 10.2 Å². The van der Waals surface area contributed by atoms with E-state index in [4.69, 9.17) is 10.6 Å². The SMILES string of the molecule is CC1OCCC1SCc1ccccc1CC(=O)NN. The summed E-state index contributed by atoms with van der Waals surface area (Å²) < 4.78 is 5.56. The highest BCUT2D eigenvalue weighted by Gasteiger charge is 2.24. The zero-order valence-electron chi connectivity index (χ0n) is 11.1. The molecule has 4 nitrogen and oxygen atoms in total. The third-order valence-electron chi connectivity index (χ3n) is 3.39. The van der Waals surface area contributed by atoms with Crippen LogP contribution in [0.1, 0.15) is 24.5 Å². The van der Waals surface area contributed by atoms with Crippen molar-refractivity contribution in [3.8, 4) is 0 Å². The van der Waals surface area contributed by atoms with Crippen molar-refractivity contribution in [2.24, 2.45) is 5.84 Å². The largest absolute Gasteiger partial charge is 0.377 e. The zero-order valence-corrected chi connectivity index (χ0v) is 11.9. The molecular formula is C14H20N2O2S. The van der Waals surface area contributed by atoms with Crippen LogP contribution in [0.3, 0.4) is 0 Å². The quantitative estimate of drug-likeness (QED) is 0.489. The first-order valence-corrected chi connectivity index (χ1v) is 7.55. The highest BCUT2D eigenvalue weighted by atomic mass is 32.2. The maximum absolute atomic E-state index is 11.4. The van der Waals surface area contributed by atoms with E-state index in [9.17, 15) is 4.79 Å². The van der Waals surface area contributed by atoms with E-state index in [2.05, 4.69) is 18.4 Å². The second-order valence-corrected chi connectivity index (χ2v) is 5.95. The Bertz CT molecular complexity index is 439. The number of hydrogen-bond acceptors (Lipinski definition) is 4. The number of rotatable bonds is 5. The van der Waals surface area contributed by atoms with Gasteiger partial charge in [-0.1, -0.05) is 24.3 Å². The summed E-state index contributed by atoms with van der Waals surface area (Å²) >= 11 is 1.91. The third-order valence-corrected chi connectivity index (χ3v) is 4.91. The Kier molecular flexibility index (Phi) is 5.24. The minimum atomic E-state index is -0.157. The van der Waals surface area contributed by atoms with Crippen LogP contribution in [0.2, 0.25) is 0 Å². The van der Waals surface area contributed by atoms with Crippen molar-refractivity contribution in [2.45, 2.75) is 36.9 Å². The van der Waals surface area contributed by atoms with Gasteiger partial charge in [-0.15, -0.1) is 0 Å². The van der Waals surface area contributed by atoms with Gasteiger partial charge in [-0.2, -0.15) is 11.8 Å². The minimum Gasteiger partial charge on any atom is -0.377 e. The van der Waals surface area contributed by atoms with Crippen LogP contribution in [0, 0.1) is 0 Å². The fourth-order valence-electron chi connectivity index (χ4n) is 2.22. The molecule has 0 bridgehead atoms. The molecule has 1 aromatic rings. The summed E-state index contributed by atoms with van der Waals surface area (Å²) in [6, 6.07) is 8.02. The van der Waals surface area contributed by atoms with Crippen LogP contribution < -0.4 is 11.3 Å². The number of carbonyl (C=O) groups excluding carboxylic acids is 1.